The summed E-state index contributed by atoms with van der Waals surface area (Å²) < 4.78 is 24.6. The van der Waals surface area contributed by atoms with Crippen LogP contribution in [0.15, 0.2) is 22.7 Å². The number of aliphatic hydroxyl groups is 1. The fourth-order valence-electron chi connectivity index (χ4n) is 1.03. The number of nitrogens with one attached hydrogen (secondary N) is 1. The molecule has 0 aromatic heterocycles. The summed E-state index contributed by atoms with van der Waals surface area (Å²) in [5, 5.41) is 20.2. The molecule has 1 unspecified atom stereocenters. The molecule has 0 bridgehead atoms. The Bertz CT molecular complexity index is 406. The molecule has 0 fully saturated rings. The van der Waals surface area contributed by atoms with Gasteiger partial charge >= 0.3 is 0 Å². The maximum atomic E-state index is 12.0. The molecule has 0 spiro atoms. The Labute approximate surface area is 99.8 Å². The minimum atomic E-state index is -2.77. The van der Waals surface area contributed by atoms with Crippen molar-refractivity contribution in [1.29, 1.82) is 5.26 Å². The highest BCUT2D eigenvalue weighted by atomic mass is 79.9. The third kappa shape index (κ3) is 3.43. The quantitative estimate of drug-likeness (QED) is 0.895. The molecule has 6 heteroatoms. The van der Waals surface area contributed by atoms with Crippen LogP contribution in [-0.4, -0.2) is 24.2 Å². The summed E-state index contributed by atoms with van der Waals surface area (Å²) in [5.74, 6) is 0. The lowest BCUT2D eigenvalue weighted by Crippen LogP contribution is -2.26. The van der Waals surface area contributed by atoms with Crippen LogP contribution in [0.1, 0.15) is 5.56 Å². The van der Waals surface area contributed by atoms with Crippen LogP contribution in [0.5, 0.6) is 0 Å². The van der Waals surface area contributed by atoms with Gasteiger partial charge in [0.15, 0.2) is 0 Å². The van der Waals surface area contributed by atoms with E-state index in [1.165, 1.54) is 0 Å². The van der Waals surface area contributed by atoms with Crippen LogP contribution in [0.4, 0.5) is 14.5 Å². The van der Waals surface area contributed by atoms with E-state index in [0.717, 1.165) is 0 Å². The van der Waals surface area contributed by atoms with Crippen molar-refractivity contribution < 1.29 is 13.9 Å². The number of nitrogens with zero attached hydrogens (tertiary/aromatic N) is 1. The molecule has 0 aliphatic rings. The Morgan fingerprint density at radius 2 is 2.19 bits per heavy atom. The zero-order valence-electron chi connectivity index (χ0n) is 8.12. The van der Waals surface area contributed by atoms with Crippen LogP contribution in [-0.2, 0) is 0 Å². The van der Waals surface area contributed by atoms with E-state index in [-0.39, 0.29) is 6.54 Å². The summed E-state index contributed by atoms with van der Waals surface area (Å²) in [6.07, 6.45) is -4.48. The zero-order valence-corrected chi connectivity index (χ0v) is 9.71. The molecule has 3 nitrogen and oxygen atoms in total. The van der Waals surface area contributed by atoms with E-state index in [9.17, 15) is 8.78 Å². The molecule has 86 valence electrons. The second-order valence-corrected chi connectivity index (χ2v) is 3.94. The molecule has 0 aliphatic carbocycles. The van der Waals surface area contributed by atoms with Crippen molar-refractivity contribution in [2.75, 3.05) is 11.9 Å². The smallest absolute Gasteiger partial charge is 0.265 e. The van der Waals surface area contributed by atoms with Gasteiger partial charge in [-0.2, -0.15) is 5.26 Å². The lowest BCUT2D eigenvalue weighted by molar-refractivity contribution is 0.00384. The van der Waals surface area contributed by atoms with Gasteiger partial charge in [0.2, 0.25) is 0 Å². The standard InChI is InChI=1S/C10H9BrF2N2O/c11-7-3-6(4-14)1-2-8(7)15-5-9(16)10(12)13/h1-3,9-10,15-16H,5H2. The van der Waals surface area contributed by atoms with E-state index in [1.807, 2.05) is 6.07 Å². The fourth-order valence-corrected chi connectivity index (χ4v) is 1.55. The highest BCUT2D eigenvalue weighted by molar-refractivity contribution is 9.10. The number of benzene rings is 1. The van der Waals surface area contributed by atoms with Crippen LogP contribution in [0, 0.1) is 11.3 Å². The SMILES string of the molecule is N#Cc1ccc(NCC(O)C(F)F)c(Br)c1. The van der Waals surface area contributed by atoms with Crippen molar-refractivity contribution in [2.45, 2.75) is 12.5 Å². The molecule has 0 radical (unpaired) electrons. The number of aliphatic hydroxyl groups excluding tert-OH is 1. The van der Waals surface area contributed by atoms with Crippen molar-refractivity contribution in [2.24, 2.45) is 0 Å². The van der Waals surface area contributed by atoms with Gasteiger partial charge in [0.1, 0.15) is 6.10 Å². The van der Waals surface area contributed by atoms with E-state index in [4.69, 9.17) is 10.4 Å². The second-order valence-electron chi connectivity index (χ2n) is 3.09. The first-order valence-corrected chi connectivity index (χ1v) is 5.23. The molecule has 1 aromatic carbocycles. The molecule has 0 saturated heterocycles. The normalized spacial score (nSPS) is 12.2. The van der Waals surface area contributed by atoms with Crippen molar-refractivity contribution in [3.05, 3.63) is 28.2 Å². The molecule has 1 aromatic rings. The third-order valence-corrected chi connectivity index (χ3v) is 2.55. The Kier molecular flexibility index (Phi) is 4.65. The van der Waals surface area contributed by atoms with Gasteiger partial charge in [0, 0.05) is 16.7 Å². The highest BCUT2D eigenvalue weighted by Gasteiger charge is 2.16. The van der Waals surface area contributed by atoms with Gasteiger partial charge in [-0.05, 0) is 34.1 Å². The Morgan fingerprint density at radius 1 is 1.50 bits per heavy atom. The Morgan fingerprint density at radius 3 is 2.69 bits per heavy atom. The zero-order chi connectivity index (χ0) is 12.1. The van der Waals surface area contributed by atoms with E-state index >= 15 is 0 Å². The average molecular weight is 291 g/mol. The van der Waals surface area contributed by atoms with E-state index < -0.39 is 12.5 Å². The molecule has 1 atom stereocenters. The summed E-state index contributed by atoms with van der Waals surface area (Å²) in [5.41, 5.74) is 1.02. The Hall–Kier alpha value is -1.19. The summed E-state index contributed by atoms with van der Waals surface area (Å²) in [4.78, 5) is 0. The van der Waals surface area contributed by atoms with Gasteiger partial charge in [-0.1, -0.05) is 0 Å². The predicted molar refractivity (Wildman–Crippen MR) is 59.4 cm³/mol. The van der Waals surface area contributed by atoms with Crippen LogP contribution < -0.4 is 5.32 Å². The van der Waals surface area contributed by atoms with E-state index in [2.05, 4.69) is 21.2 Å². The number of alkyl halides is 2. The number of halogens is 3. The summed E-state index contributed by atoms with van der Waals surface area (Å²) >= 11 is 3.19. The summed E-state index contributed by atoms with van der Waals surface area (Å²) in [7, 11) is 0. The van der Waals surface area contributed by atoms with Crippen LogP contribution in [0.3, 0.4) is 0 Å². The van der Waals surface area contributed by atoms with Crippen LogP contribution in [0.2, 0.25) is 0 Å². The third-order valence-electron chi connectivity index (χ3n) is 1.89. The minimum Gasteiger partial charge on any atom is -0.385 e. The molecule has 16 heavy (non-hydrogen) atoms. The van der Waals surface area contributed by atoms with Gasteiger partial charge in [-0.25, -0.2) is 8.78 Å². The topological polar surface area (TPSA) is 56.0 Å². The molecule has 0 amide bonds. The number of hydrogen-bond acceptors (Lipinski definition) is 3. The Balaban J connectivity index is 2.65. The van der Waals surface area contributed by atoms with Crippen molar-refractivity contribution in [3.63, 3.8) is 0 Å². The number of hydrogen-bond donors (Lipinski definition) is 2. The fraction of sp³-hybridized carbons (Fsp3) is 0.300. The number of nitriles is 1. The highest BCUT2D eigenvalue weighted by Crippen LogP contribution is 2.23. The number of anilines is 1. The molecule has 0 aliphatic heterocycles. The van der Waals surface area contributed by atoms with Gasteiger partial charge in [-0.15, -0.1) is 0 Å². The van der Waals surface area contributed by atoms with Crippen LogP contribution in [0.25, 0.3) is 0 Å². The van der Waals surface area contributed by atoms with Gasteiger partial charge in [-0.3, -0.25) is 0 Å². The first-order chi connectivity index (χ1) is 7.54. The second kappa shape index (κ2) is 5.77. The molecule has 0 heterocycles. The maximum absolute atomic E-state index is 12.0. The van der Waals surface area contributed by atoms with Crippen LogP contribution >= 0.6 is 15.9 Å². The monoisotopic (exact) mass is 290 g/mol. The van der Waals surface area contributed by atoms with Gasteiger partial charge < -0.3 is 10.4 Å². The van der Waals surface area contributed by atoms with Crippen molar-refractivity contribution in [1.82, 2.24) is 0 Å². The molecular formula is C10H9BrF2N2O. The van der Waals surface area contributed by atoms with Crippen molar-refractivity contribution in [3.8, 4) is 6.07 Å². The van der Waals surface area contributed by atoms with Gasteiger partial charge in [0.25, 0.3) is 6.43 Å². The lowest BCUT2D eigenvalue weighted by atomic mass is 10.2. The molecular weight excluding hydrogens is 282 g/mol. The molecule has 0 saturated carbocycles. The summed E-state index contributed by atoms with van der Waals surface area (Å²) in [6, 6.07) is 6.66. The number of rotatable bonds is 4. The lowest BCUT2D eigenvalue weighted by Gasteiger charge is -2.12. The predicted octanol–water partition coefficient (Wildman–Crippen LogP) is 2.36. The molecule has 1 rings (SSSR count). The van der Waals surface area contributed by atoms with Crippen molar-refractivity contribution >= 4 is 21.6 Å². The van der Waals surface area contributed by atoms with E-state index in [1.54, 1.807) is 18.2 Å². The average Bonchev–Trinajstić information content (AvgIpc) is 2.26. The first kappa shape index (κ1) is 12.9. The molecule has 2 N–H and O–H groups in total. The minimum absolute atomic E-state index is 0.248. The largest absolute Gasteiger partial charge is 0.385 e. The maximum Gasteiger partial charge on any atom is 0.265 e. The summed E-state index contributed by atoms with van der Waals surface area (Å²) in [6.45, 7) is -0.248. The van der Waals surface area contributed by atoms with E-state index in [0.29, 0.717) is 15.7 Å². The first-order valence-electron chi connectivity index (χ1n) is 4.44. The van der Waals surface area contributed by atoms with Gasteiger partial charge in [0.05, 0.1) is 11.6 Å².